The lowest BCUT2D eigenvalue weighted by atomic mass is 10.3. The first-order valence-corrected chi connectivity index (χ1v) is 4.82. The highest BCUT2D eigenvalue weighted by Crippen LogP contribution is 2.32. The van der Waals surface area contributed by atoms with E-state index in [9.17, 15) is 0 Å². The first-order chi connectivity index (χ1) is 8.40. The highest BCUT2D eigenvalue weighted by Gasteiger charge is 2.01. The topological polar surface area (TPSA) is 121 Å². The summed E-state index contributed by atoms with van der Waals surface area (Å²) < 4.78 is 0. The molecule has 6 heteroatoms. The van der Waals surface area contributed by atoms with Crippen LogP contribution in [0.3, 0.4) is 0 Å². The maximum atomic E-state index is 8.71. The van der Waals surface area contributed by atoms with Gasteiger partial charge >= 0.3 is 0 Å². The molecule has 0 atom stereocenters. The van der Waals surface area contributed by atoms with E-state index in [4.69, 9.17) is 30.6 Å². The fraction of sp³-hybridized carbons (Fsp3) is 0. The number of benzene rings is 2. The highest BCUT2D eigenvalue weighted by atomic mass is 16.3. The molecule has 2 aromatic carbocycles. The van der Waals surface area contributed by atoms with Crippen LogP contribution in [0.1, 0.15) is 0 Å². The lowest BCUT2D eigenvalue weighted by molar-refractivity contribution is 0.368. The molecule has 0 amide bonds. The van der Waals surface area contributed by atoms with Gasteiger partial charge < -0.3 is 30.6 Å². The Morgan fingerprint density at radius 3 is 1.17 bits per heavy atom. The summed E-state index contributed by atoms with van der Waals surface area (Å²) in [6, 6.07) is 7.42. The Labute approximate surface area is 102 Å². The summed E-state index contributed by atoms with van der Waals surface area (Å²) in [6.07, 6.45) is 0. The van der Waals surface area contributed by atoms with Gasteiger partial charge in [0.25, 0.3) is 0 Å². The average Bonchev–Trinajstić information content (AvgIpc) is 2.24. The molecule has 0 heterocycles. The molecule has 96 valence electrons. The van der Waals surface area contributed by atoms with Gasteiger partial charge in [-0.1, -0.05) is 6.07 Å². The minimum absolute atomic E-state index is 0.146. The van der Waals surface area contributed by atoms with Crippen molar-refractivity contribution in [3.05, 3.63) is 36.4 Å². The Bertz CT molecular complexity index is 467. The van der Waals surface area contributed by atoms with E-state index in [1.807, 2.05) is 0 Å². The molecule has 0 aliphatic carbocycles. The van der Waals surface area contributed by atoms with Crippen molar-refractivity contribution in [1.82, 2.24) is 0 Å². The first kappa shape index (κ1) is 13.3. The Morgan fingerprint density at radius 1 is 0.556 bits per heavy atom. The standard InChI is InChI=1S/2C6H6O3/c7-4-1-5(8)3-6(9)2-4;7-4-2-1-3-5(8)6(4)9/h2*1-3,7-9H. The molecule has 0 aliphatic rings. The maximum absolute atomic E-state index is 8.71. The number of rotatable bonds is 0. The zero-order valence-electron chi connectivity index (χ0n) is 9.15. The number of hydrogen-bond donors (Lipinski definition) is 6. The number of aromatic hydroxyl groups is 6. The van der Waals surface area contributed by atoms with Crippen molar-refractivity contribution in [2.24, 2.45) is 0 Å². The number of para-hydroxylation sites is 1. The van der Waals surface area contributed by atoms with Crippen molar-refractivity contribution in [3.63, 3.8) is 0 Å². The quantitative estimate of drug-likeness (QED) is 0.396. The summed E-state index contributed by atoms with van der Waals surface area (Å²) in [5.74, 6) is -1.53. The van der Waals surface area contributed by atoms with Crippen LogP contribution in [0.4, 0.5) is 0 Å². The minimum atomic E-state index is -0.475. The van der Waals surface area contributed by atoms with Gasteiger partial charge in [0.2, 0.25) is 0 Å². The Balaban J connectivity index is 0.000000180. The van der Waals surface area contributed by atoms with E-state index in [2.05, 4.69) is 0 Å². The van der Waals surface area contributed by atoms with Crippen LogP contribution in [0.15, 0.2) is 36.4 Å². The predicted molar refractivity (Wildman–Crippen MR) is 62.9 cm³/mol. The molecule has 6 nitrogen and oxygen atoms in total. The van der Waals surface area contributed by atoms with Crippen LogP contribution in [-0.4, -0.2) is 30.6 Å². The predicted octanol–water partition coefficient (Wildman–Crippen LogP) is 1.61. The van der Waals surface area contributed by atoms with Crippen LogP contribution in [0.25, 0.3) is 0 Å². The molecule has 0 bridgehead atoms. The Morgan fingerprint density at radius 2 is 0.889 bits per heavy atom. The van der Waals surface area contributed by atoms with Gasteiger partial charge in [-0.05, 0) is 12.1 Å². The molecule has 2 rings (SSSR count). The number of phenolic OH excluding ortho intramolecular Hbond substituents is 6. The minimum Gasteiger partial charge on any atom is -0.508 e. The summed E-state index contributed by atoms with van der Waals surface area (Å²) in [7, 11) is 0. The van der Waals surface area contributed by atoms with E-state index in [-0.39, 0.29) is 28.7 Å². The lowest BCUT2D eigenvalue weighted by Gasteiger charge is -1.96. The van der Waals surface area contributed by atoms with E-state index in [0.29, 0.717) is 0 Å². The van der Waals surface area contributed by atoms with E-state index in [0.717, 1.165) is 18.2 Å². The van der Waals surface area contributed by atoms with Crippen LogP contribution < -0.4 is 0 Å². The monoisotopic (exact) mass is 252 g/mol. The molecule has 0 unspecified atom stereocenters. The number of hydrogen-bond acceptors (Lipinski definition) is 6. The Kier molecular flexibility index (Phi) is 4.09. The van der Waals surface area contributed by atoms with E-state index < -0.39 is 5.75 Å². The van der Waals surface area contributed by atoms with Gasteiger partial charge in [0.05, 0.1) is 0 Å². The average molecular weight is 252 g/mol. The highest BCUT2D eigenvalue weighted by molar-refractivity contribution is 5.47. The van der Waals surface area contributed by atoms with Crippen molar-refractivity contribution in [2.75, 3.05) is 0 Å². The van der Waals surface area contributed by atoms with Gasteiger partial charge in [-0.15, -0.1) is 0 Å². The molecule has 0 fully saturated rings. The van der Waals surface area contributed by atoms with Crippen molar-refractivity contribution in [1.29, 1.82) is 0 Å². The van der Waals surface area contributed by atoms with Crippen LogP contribution in [0.2, 0.25) is 0 Å². The molecule has 0 aliphatic heterocycles. The molecule has 2 aromatic rings. The second kappa shape index (κ2) is 5.53. The van der Waals surface area contributed by atoms with E-state index in [1.165, 1.54) is 18.2 Å². The third-order valence-electron chi connectivity index (χ3n) is 1.88. The fourth-order valence-electron chi connectivity index (χ4n) is 1.10. The van der Waals surface area contributed by atoms with Crippen LogP contribution in [0, 0.1) is 0 Å². The maximum Gasteiger partial charge on any atom is 0.200 e. The van der Waals surface area contributed by atoms with Gasteiger partial charge in [-0.3, -0.25) is 0 Å². The van der Waals surface area contributed by atoms with Crippen molar-refractivity contribution >= 4 is 0 Å². The largest absolute Gasteiger partial charge is 0.508 e. The second-order valence-corrected chi connectivity index (χ2v) is 3.35. The summed E-state index contributed by atoms with van der Waals surface area (Å²) in [5, 5.41) is 52.1. The molecule has 0 saturated carbocycles. The third kappa shape index (κ3) is 3.67. The van der Waals surface area contributed by atoms with Gasteiger partial charge in [0.1, 0.15) is 17.2 Å². The van der Waals surface area contributed by atoms with Gasteiger partial charge in [-0.2, -0.15) is 0 Å². The van der Waals surface area contributed by atoms with Gasteiger partial charge in [-0.25, -0.2) is 0 Å². The van der Waals surface area contributed by atoms with E-state index in [1.54, 1.807) is 0 Å². The summed E-state index contributed by atoms with van der Waals surface area (Å²) >= 11 is 0. The summed E-state index contributed by atoms with van der Waals surface area (Å²) in [4.78, 5) is 0. The second-order valence-electron chi connectivity index (χ2n) is 3.35. The van der Waals surface area contributed by atoms with Crippen LogP contribution in [0.5, 0.6) is 34.5 Å². The van der Waals surface area contributed by atoms with E-state index >= 15 is 0 Å². The van der Waals surface area contributed by atoms with Gasteiger partial charge in [0, 0.05) is 18.2 Å². The molecule has 6 N–H and O–H groups in total. The van der Waals surface area contributed by atoms with Crippen molar-refractivity contribution in [2.45, 2.75) is 0 Å². The zero-order valence-corrected chi connectivity index (χ0v) is 9.15. The fourth-order valence-corrected chi connectivity index (χ4v) is 1.10. The Hall–Kier alpha value is -2.76. The summed E-state index contributed by atoms with van der Waals surface area (Å²) in [6.45, 7) is 0. The van der Waals surface area contributed by atoms with Crippen molar-refractivity contribution in [3.8, 4) is 34.5 Å². The van der Waals surface area contributed by atoms with Crippen LogP contribution in [-0.2, 0) is 0 Å². The zero-order chi connectivity index (χ0) is 13.7. The molecular formula is C12H12O6. The SMILES string of the molecule is Oc1cc(O)cc(O)c1.Oc1cccc(O)c1O. The summed E-state index contributed by atoms with van der Waals surface area (Å²) in [5.41, 5.74) is 0. The molecule has 0 aromatic heterocycles. The molecular weight excluding hydrogens is 240 g/mol. The van der Waals surface area contributed by atoms with Crippen molar-refractivity contribution < 1.29 is 30.6 Å². The molecule has 0 saturated heterocycles. The van der Waals surface area contributed by atoms with Gasteiger partial charge in [0.15, 0.2) is 17.2 Å². The number of phenols is 6. The lowest BCUT2D eigenvalue weighted by Crippen LogP contribution is -1.67. The normalized spacial score (nSPS) is 9.33. The first-order valence-electron chi connectivity index (χ1n) is 4.82. The molecule has 0 radical (unpaired) electrons. The molecule has 18 heavy (non-hydrogen) atoms. The third-order valence-corrected chi connectivity index (χ3v) is 1.88. The van der Waals surface area contributed by atoms with Crippen LogP contribution >= 0.6 is 0 Å². The molecule has 0 spiro atoms. The smallest absolute Gasteiger partial charge is 0.200 e.